The van der Waals surface area contributed by atoms with E-state index in [2.05, 4.69) is 10.1 Å². The first-order valence-electron chi connectivity index (χ1n) is 6.25. The lowest BCUT2D eigenvalue weighted by Crippen LogP contribution is -2.38. The fraction of sp³-hybridized carbons (Fsp3) is 0.538. The molecule has 1 N–H and O–H groups in total. The van der Waals surface area contributed by atoms with Crippen molar-refractivity contribution in [2.24, 2.45) is 0 Å². The van der Waals surface area contributed by atoms with Crippen molar-refractivity contribution in [3.8, 4) is 11.5 Å². The van der Waals surface area contributed by atoms with E-state index in [1.165, 1.54) is 18.2 Å². The van der Waals surface area contributed by atoms with Crippen molar-refractivity contribution in [1.29, 1.82) is 0 Å². The second kappa shape index (κ2) is 6.14. The SMILES string of the molecule is FC(F)(F)Oc1cccc(OCC2CCCCN2)c1. The molecule has 0 bridgehead atoms. The molecule has 6 heteroatoms. The van der Waals surface area contributed by atoms with E-state index in [-0.39, 0.29) is 11.8 Å². The number of rotatable bonds is 4. The van der Waals surface area contributed by atoms with E-state index >= 15 is 0 Å². The number of nitrogens with one attached hydrogen (secondary N) is 1. The molecule has 1 aliphatic rings. The second-order valence-electron chi connectivity index (χ2n) is 4.48. The number of hydrogen-bond acceptors (Lipinski definition) is 3. The minimum Gasteiger partial charge on any atom is -0.492 e. The van der Waals surface area contributed by atoms with Gasteiger partial charge in [0.2, 0.25) is 0 Å². The van der Waals surface area contributed by atoms with Crippen LogP contribution in [-0.4, -0.2) is 25.6 Å². The molecule has 1 unspecified atom stereocenters. The van der Waals surface area contributed by atoms with E-state index in [0.29, 0.717) is 12.4 Å². The molecular weight excluding hydrogens is 259 g/mol. The fourth-order valence-corrected chi connectivity index (χ4v) is 2.02. The second-order valence-corrected chi connectivity index (χ2v) is 4.48. The maximum atomic E-state index is 12.1. The quantitative estimate of drug-likeness (QED) is 0.916. The van der Waals surface area contributed by atoms with Gasteiger partial charge in [0.15, 0.2) is 0 Å². The van der Waals surface area contributed by atoms with Crippen LogP contribution in [0, 0.1) is 0 Å². The molecule has 1 heterocycles. The number of halogens is 3. The molecule has 0 aromatic heterocycles. The summed E-state index contributed by atoms with van der Waals surface area (Å²) in [7, 11) is 0. The Bertz CT molecular complexity index is 403. The Balaban J connectivity index is 1.87. The highest BCUT2D eigenvalue weighted by atomic mass is 19.4. The highest BCUT2D eigenvalue weighted by Crippen LogP contribution is 2.26. The lowest BCUT2D eigenvalue weighted by atomic mass is 10.1. The topological polar surface area (TPSA) is 30.5 Å². The molecule has 0 spiro atoms. The molecule has 0 radical (unpaired) electrons. The van der Waals surface area contributed by atoms with E-state index in [1.807, 2.05) is 0 Å². The molecule has 1 aromatic rings. The molecule has 1 saturated heterocycles. The average Bonchev–Trinajstić information content (AvgIpc) is 2.36. The first-order chi connectivity index (χ1) is 9.03. The van der Waals surface area contributed by atoms with Crippen LogP contribution in [0.15, 0.2) is 24.3 Å². The summed E-state index contributed by atoms with van der Waals surface area (Å²) >= 11 is 0. The summed E-state index contributed by atoms with van der Waals surface area (Å²) in [6, 6.07) is 5.85. The lowest BCUT2D eigenvalue weighted by molar-refractivity contribution is -0.274. The van der Waals surface area contributed by atoms with Gasteiger partial charge >= 0.3 is 6.36 Å². The maximum absolute atomic E-state index is 12.1. The van der Waals surface area contributed by atoms with E-state index in [0.717, 1.165) is 25.8 Å². The Kier molecular flexibility index (Phi) is 4.52. The summed E-state index contributed by atoms with van der Waals surface area (Å²) in [6.45, 7) is 1.42. The molecule has 1 fully saturated rings. The van der Waals surface area contributed by atoms with Crippen molar-refractivity contribution >= 4 is 0 Å². The predicted octanol–water partition coefficient (Wildman–Crippen LogP) is 3.11. The fourth-order valence-electron chi connectivity index (χ4n) is 2.02. The normalized spacial score (nSPS) is 20.1. The van der Waals surface area contributed by atoms with Crippen LogP contribution in [0.4, 0.5) is 13.2 Å². The smallest absolute Gasteiger partial charge is 0.492 e. The Hall–Kier alpha value is -1.43. The minimum absolute atomic E-state index is 0.262. The van der Waals surface area contributed by atoms with Crippen molar-refractivity contribution < 1.29 is 22.6 Å². The monoisotopic (exact) mass is 275 g/mol. The summed E-state index contributed by atoms with van der Waals surface area (Å²) in [4.78, 5) is 0. The molecule has 106 valence electrons. The van der Waals surface area contributed by atoms with Crippen molar-refractivity contribution in [3.63, 3.8) is 0 Å². The summed E-state index contributed by atoms with van der Waals surface area (Å²) < 4.78 is 45.6. The van der Waals surface area contributed by atoms with Crippen LogP contribution in [0.5, 0.6) is 11.5 Å². The molecule has 0 aliphatic carbocycles. The van der Waals surface area contributed by atoms with Gasteiger partial charge < -0.3 is 14.8 Å². The Morgan fingerprint density at radius 1 is 1.21 bits per heavy atom. The molecule has 19 heavy (non-hydrogen) atoms. The zero-order valence-corrected chi connectivity index (χ0v) is 10.4. The minimum atomic E-state index is -4.68. The van der Waals surface area contributed by atoms with Gasteiger partial charge in [0.1, 0.15) is 18.1 Å². The van der Waals surface area contributed by atoms with Crippen LogP contribution in [0.3, 0.4) is 0 Å². The van der Waals surface area contributed by atoms with Gasteiger partial charge in [-0.05, 0) is 31.5 Å². The van der Waals surface area contributed by atoms with Gasteiger partial charge in [0, 0.05) is 12.1 Å². The Labute approximate surface area is 109 Å². The molecule has 2 rings (SSSR count). The molecule has 1 atom stereocenters. The van der Waals surface area contributed by atoms with Crippen LogP contribution >= 0.6 is 0 Å². The third-order valence-electron chi connectivity index (χ3n) is 2.90. The van der Waals surface area contributed by atoms with Gasteiger partial charge in [-0.1, -0.05) is 12.5 Å². The molecule has 1 aliphatic heterocycles. The van der Waals surface area contributed by atoms with Gasteiger partial charge in [-0.25, -0.2) is 0 Å². The van der Waals surface area contributed by atoms with Crippen molar-refractivity contribution in [2.45, 2.75) is 31.7 Å². The highest BCUT2D eigenvalue weighted by Gasteiger charge is 2.31. The average molecular weight is 275 g/mol. The predicted molar refractivity (Wildman–Crippen MR) is 64.3 cm³/mol. The van der Waals surface area contributed by atoms with Gasteiger partial charge in [0.25, 0.3) is 0 Å². The first kappa shape index (κ1) is 14.0. The van der Waals surface area contributed by atoms with Crippen LogP contribution in [0.25, 0.3) is 0 Å². The van der Waals surface area contributed by atoms with Crippen molar-refractivity contribution in [1.82, 2.24) is 5.32 Å². The number of ether oxygens (including phenoxy) is 2. The number of alkyl halides is 3. The Morgan fingerprint density at radius 3 is 2.68 bits per heavy atom. The number of benzene rings is 1. The van der Waals surface area contributed by atoms with Crippen LogP contribution in [0.1, 0.15) is 19.3 Å². The summed E-state index contributed by atoms with van der Waals surface area (Å²) in [5.74, 6) is 0.121. The van der Waals surface area contributed by atoms with Crippen molar-refractivity contribution in [3.05, 3.63) is 24.3 Å². The lowest BCUT2D eigenvalue weighted by Gasteiger charge is -2.23. The largest absolute Gasteiger partial charge is 0.573 e. The van der Waals surface area contributed by atoms with Crippen LogP contribution in [-0.2, 0) is 0 Å². The van der Waals surface area contributed by atoms with E-state index in [9.17, 15) is 13.2 Å². The third-order valence-corrected chi connectivity index (χ3v) is 2.90. The maximum Gasteiger partial charge on any atom is 0.573 e. The van der Waals surface area contributed by atoms with Crippen LogP contribution in [0.2, 0.25) is 0 Å². The molecule has 3 nitrogen and oxygen atoms in total. The van der Waals surface area contributed by atoms with Gasteiger partial charge in [-0.2, -0.15) is 0 Å². The standard InChI is InChI=1S/C13H16F3NO2/c14-13(15,16)19-12-6-3-5-11(8-12)18-9-10-4-1-2-7-17-10/h3,5-6,8,10,17H,1-2,4,7,9H2. The molecular formula is C13H16F3NO2. The third kappa shape index (κ3) is 4.98. The van der Waals surface area contributed by atoms with E-state index in [4.69, 9.17) is 4.74 Å². The zero-order chi connectivity index (χ0) is 13.7. The highest BCUT2D eigenvalue weighted by molar-refractivity contribution is 5.33. The Morgan fingerprint density at radius 2 is 2.00 bits per heavy atom. The van der Waals surface area contributed by atoms with Gasteiger partial charge in [-0.3, -0.25) is 0 Å². The number of hydrogen-bond donors (Lipinski definition) is 1. The molecule has 1 aromatic carbocycles. The first-order valence-corrected chi connectivity index (χ1v) is 6.25. The summed E-state index contributed by atoms with van der Waals surface area (Å²) in [6.07, 6.45) is -1.34. The molecule has 0 amide bonds. The molecule has 0 saturated carbocycles. The van der Waals surface area contributed by atoms with E-state index in [1.54, 1.807) is 6.07 Å². The summed E-state index contributed by atoms with van der Waals surface area (Å²) in [5, 5.41) is 3.31. The zero-order valence-electron chi connectivity index (χ0n) is 10.4. The van der Waals surface area contributed by atoms with Crippen molar-refractivity contribution in [2.75, 3.05) is 13.2 Å². The summed E-state index contributed by atoms with van der Waals surface area (Å²) in [5.41, 5.74) is 0. The van der Waals surface area contributed by atoms with Gasteiger partial charge in [-0.15, -0.1) is 13.2 Å². The number of piperidine rings is 1. The van der Waals surface area contributed by atoms with Crippen LogP contribution < -0.4 is 14.8 Å². The van der Waals surface area contributed by atoms with E-state index < -0.39 is 6.36 Å². The van der Waals surface area contributed by atoms with Gasteiger partial charge in [0.05, 0.1) is 0 Å².